The topological polar surface area (TPSA) is 46.3 Å². The van der Waals surface area contributed by atoms with Gasteiger partial charge in [0, 0.05) is 29.9 Å². The summed E-state index contributed by atoms with van der Waals surface area (Å²) in [7, 11) is 0. The van der Waals surface area contributed by atoms with Crippen molar-refractivity contribution in [2.45, 2.75) is 31.2 Å². The Kier molecular flexibility index (Phi) is 4.76. The van der Waals surface area contributed by atoms with Crippen LogP contribution in [-0.4, -0.2) is 29.9 Å². The van der Waals surface area contributed by atoms with Crippen molar-refractivity contribution in [2.24, 2.45) is 5.73 Å². The van der Waals surface area contributed by atoms with Crippen LogP contribution in [0.15, 0.2) is 36.4 Å². The number of carbonyl (C=O) groups excluding carboxylic acids is 1. The van der Waals surface area contributed by atoms with Crippen LogP contribution in [0.25, 0.3) is 0 Å². The lowest BCUT2D eigenvalue weighted by atomic mass is 9.95. The van der Waals surface area contributed by atoms with Gasteiger partial charge in [-0.15, -0.1) is 23.7 Å². The molecule has 4 rings (SSSR count). The predicted molar refractivity (Wildman–Crippen MR) is 96.7 cm³/mol. The minimum Gasteiger partial charge on any atom is -0.336 e. The summed E-state index contributed by atoms with van der Waals surface area (Å²) >= 11 is 1.68. The van der Waals surface area contributed by atoms with Crippen molar-refractivity contribution in [3.05, 3.63) is 57.3 Å². The molecule has 1 amide bonds. The van der Waals surface area contributed by atoms with Crippen molar-refractivity contribution in [2.75, 3.05) is 13.1 Å². The van der Waals surface area contributed by atoms with Crippen molar-refractivity contribution < 1.29 is 4.79 Å². The first kappa shape index (κ1) is 16.5. The van der Waals surface area contributed by atoms with E-state index >= 15 is 0 Å². The van der Waals surface area contributed by atoms with Gasteiger partial charge in [0.1, 0.15) is 0 Å². The molecule has 1 fully saturated rings. The third kappa shape index (κ3) is 3.03. The van der Waals surface area contributed by atoms with Crippen LogP contribution in [0.3, 0.4) is 0 Å². The molecule has 0 radical (unpaired) electrons. The summed E-state index contributed by atoms with van der Waals surface area (Å²) in [6.07, 6.45) is 3.50. The molecule has 0 bridgehead atoms. The minimum absolute atomic E-state index is 0. The standard InChI is InChI=1S/C18H20N2OS.ClH/c19-15-11-20(10-14(15)12-5-2-1-3-6-12)18(21)17-9-13-7-4-8-16(13)22-17;/h1-3,5-6,9,14-15H,4,7-8,10-11,19H2;1H/t14-,15+;/m0./s1. The van der Waals surface area contributed by atoms with Crippen LogP contribution in [0.1, 0.15) is 38.0 Å². The van der Waals surface area contributed by atoms with Crippen molar-refractivity contribution in [3.63, 3.8) is 0 Å². The highest BCUT2D eigenvalue weighted by atomic mass is 35.5. The van der Waals surface area contributed by atoms with E-state index in [1.165, 1.54) is 22.4 Å². The number of carbonyl (C=O) groups is 1. The van der Waals surface area contributed by atoms with Crippen LogP contribution < -0.4 is 5.73 Å². The van der Waals surface area contributed by atoms with E-state index in [1.807, 2.05) is 23.1 Å². The molecule has 3 nitrogen and oxygen atoms in total. The summed E-state index contributed by atoms with van der Waals surface area (Å²) in [4.78, 5) is 17.0. The number of hydrogen-bond donors (Lipinski definition) is 1. The first-order chi connectivity index (χ1) is 10.7. The molecule has 0 spiro atoms. The van der Waals surface area contributed by atoms with E-state index in [9.17, 15) is 4.79 Å². The molecule has 1 aliphatic heterocycles. The number of halogens is 1. The molecule has 2 atom stereocenters. The van der Waals surface area contributed by atoms with Gasteiger partial charge in [-0.25, -0.2) is 0 Å². The number of likely N-dealkylation sites (tertiary alicyclic amines) is 1. The average molecular weight is 349 g/mol. The third-order valence-corrected chi connectivity index (χ3v) is 6.06. The highest BCUT2D eigenvalue weighted by molar-refractivity contribution is 7.14. The molecule has 122 valence electrons. The zero-order valence-electron chi connectivity index (χ0n) is 12.9. The second-order valence-electron chi connectivity index (χ2n) is 6.30. The Balaban J connectivity index is 0.00000156. The van der Waals surface area contributed by atoms with Crippen molar-refractivity contribution in [3.8, 4) is 0 Å². The van der Waals surface area contributed by atoms with Crippen molar-refractivity contribution in [1.29, 1.82) is 0 Å². The Morgan fingerprint density at radius 1 is 1.17 bits per heavy atom. The maximum absolute atomic E-state index is 12.8. The second-order valence-corrected chi connectivity index (χ2v) is 7.44. The quantitative estimate of drug-likeness (QED) is 0.905. The van der Waals surface area contributed by atoms with Gasteiger partial charge in [-0.05, 0) is 36.5 Å². The van der Waals surface area contributed by atoms with Gasteiger partial charge < -0.3 is 10.6 Å². The number of thiophene rings is 1. The zero-order valence-corrected chi connectivity index (χ0v) is 14.5. The fraction of sp³-hybridized carbons (Fsp3) is 0.389. The van der Waals surface area contributed by atoms with Crippen LogP contribution in [0.2, 0.25) is 0 Å². The van der Waals surface area contributed by atoms with E-state index in [1.54, 1.807) is 11.3 Å². The van der Waals surface area contributed by atoms with Gasteiger partial charge in [-0.3, -0.25) is 4.79 Å². The molecule has 5 heteroatoms. The van der Waals surface area contributed by atoms with Crippen LogP contribution in [-0.2, 0) is 12.8 Å². The summed E-state index contributed by atoms with van der Waals surface area (Å²) in [5, 5.41) is 0. The maximum Gasteiger partial charge on any atom is 0.264 e. The van der Waals surface area contributed by atoms with E-state index in [-0.39, 0.29) is 30.3 Å². The zero-order chi connectivity index (χ0) is 15.1. The molecule has 0 saturated carbocycles. The number of nitrogens with zero attached hydrogens (tertiary/aromatic N) is 1. The molecule has 2 aliphatic rings. The van der Waals surface area contributed by atoms with Gasteiger partial charge >= 0.3 is 0 Å². The van der Waals surface area contributed by atoms with Crippen LogP contribution >= 0.6 is 23.7 Å². The smallest absolute Gasteiger partial charge is 0.264 e. The lowest BCUT2D eigenvalue weighted by Gasteiger charge is -2.15. The molecule has 2 N–H and O–H groups in total. The first-order valence-corrected chi connectivity index (χ1v) is 8.75. The molecule has 1 saturated heterocycles. The molecule has 1 aromatic heterocycles. The molecule has 1 aromatic carbocycles. The SMILES string of the molecule is Cl.N[C@@H]1CN(C(=O)c2cc3c(s2)CCC3)C[C@H]1c1ccccc1. The Bertz CT molecular complexity index is 679. The van der Waals surface area contributed by atoms with Gasteiger partial charge in [0.25, 0.3) is 5.91 Å². The molecular weight excluding hydrogens is 328 g/mol. The van der Waals surface area contributed by atoms with Gasteiger partial charge in [-0.1, -0.05) is 30.3 Å². The summed E-state index contributed by atoms with van der Waals surface area (Å²) in [5.74, 6) is 0.408. The number of aryl methyl sites for hydroxylation is 2. The fourth-order valence-electron chi connectivity index (χ4n) is 3.64. The summed E-state index contributed by atoms with van der Waals surface area (Å²) < 4.78 is 0. The molecule has 23 heavy (non-hydrogen) atoms. The first-order valence-electron chi connectivity index (χ1n) is 7.94. The van der Waals surface area contributed by atoms with Crippen molar-refractivity contribution in [1.82, 2.24) is 4.90 Å². The number of benzene rings is 1. The normalized spacial score (nSPS) is 22.7. The predicted octanol–water partition coefficient (Wildman–Crippen LogP) is 3.23. The number of hydrogen-bond acceptors (Lipinski definition) is 3. The van der Waals surface area contributed by atoms with Gasteiger partial charge in [0.05, 0.1) is 4.88 Å². The van der Waals surface area contributed by atoms with E-state index in [0.29, 0.717) is 6.54 Å². The summed E-state index contributed by atoms with van der Waals surface area (Å²) in [6.45, 7) is 1.38. The Labute approximate surface area is 146 Å². The Morgan fingerprint density at radius 3 is 2.70 bits per heavy atom. The molecule has 2 heterocycles. The van der Waals surface area contributed by atoms with Crippen molar-refractivity contribution >= 4 is 29.7 Å². The molecule has 1 aliphatic carbocycles. The molecule has 2 aromatic rings. The Hall–Kier alpha value is -1.36. The third-order valence-electron chi connectivity index (χ3n) is 4.84. The summed E-state index contributed by atoms with van der Waals surface area (Å²) in [6, 6.07) is 12.4. The van der Waals surface area contributed by atoms with Crippen LogP contribution in [0.5, 0.6) is 0 Å². The van der Waals surface area contributed by atoms with E-state index in [2.05, 4.69) is 18.2 Å². The maximum atomic E-state index is 12.8. The number of fused-ring (bicyclic) bond motifs is 1. The van der Waals surface area contributed by atoms with Gasteiger partial charge in [0.15, 0.2) is 0 Å². The van der Waals surface area contributed by atoms with Crippen LogP contribution in [0, 0.1) is 0 Å². The minimum atomic E-state index is 0. The van der Waals surface area contributed by atoms with Gasteiger partial charge in [-0.2, -0.15) is 0 Å². The number of rotatable bonds is 2. The van der Waals surface area contributed by atoms with E-state index in [4.69, 9.17) is 5.73 Å². The van der Waals surface area contributed by atoms with Gasteiger partial charge in [0.2, 0.25) is 0 Å². The fourth-order valence-corrected chi connectivity index (χ4v) is 4.86. The number of nitrogens with two attached hydrogens (primary N) is 1. The second kappa shape index (κ2) is 6.63. The van der Waals surface area contributed by atoms with E-state index in [0.717, 1.165) is 24.3 Å². The lowest BCUT2D eigenvalue weighted by Crippen LogP contribution is -2.31. The Morgan fingerprint density at radius 2 is 1.96 bits per heavy atom. The lowest BCUT2D eigenvalue weighted by molar-refractivity contribution is 0.0794. The van der Waals surface area contributed by atoms with Crippen LogP contribution in [0.4, 0.5) is 0 Å². The largest absolute Gasteiger partial charge is 0.336 e. The highest BCUT2D eigenvalue weighted by Crippen LogP contribution is 2.33. The average Bonchev–Trinajstić information content (AvgIpc) is 3.21. The molecular formula is C18H21ClN2OS. The monoisotopic (exact) mass is 348 g/mol. The summed E-state index contributed by atoms with van der Waals surface area (Å²) in [5.41, 5.74) is 8.92. The molecule has 0 unspecified atom stereocenters. The highest BCUT2D eigenvalue weighted by Gasteiger charge is 2.35. The number of amides is 1. The van der Waals surface area contributed by atoms with E-state index < -0.39 is 0 Å².